The van der Waals surface area contributed by atoms with Crippen molar-refractivity contribution in [3.05, 3.63) is 41.1 Å². The Bertz CT molecular complexity index is 659. The zero-order chi connectivity index (χ0) is 14.1. The summed E-state index contributed by atoms with van der Waals surface area (Å²) >= 11 is 0. The molecule has 1 fully saturated rings. The van der Waals surface area contributed by atoms with E-state index in [1.807, 2.05) is 25.1 Å². The zero-order valence-corrected chi connectivity index (χ0v) is 12.1. The fourth-order valence-corrected chi connectivity index (χ4v) is 2.63. The van der Waals surface area contributed by atoms with E-state index in [2.05, 4.69) is 23.3 Å². The van der Waals surface area contributed by atoms with E-state index in [0.717, 1.165) is 34.6 Å². The van der Waals surface area contributed by atoms with Gasteiger partial charge in [0.05, 0.1) is 11.9 Å². The third kappa shape index (κ3) is 2.67. The van der Waals surface area contributed by atoms with E-state index in [-0.39, 0.29) is 5.91 Å². The molecule has 0 spiro atoms. The van der Waals surface area contributed by atoms with E-state index >= 15 is 0 Å². The fraction of sp³-hybridized carbons (Fsp3) is 0.412. The molecule has 1 saturated carbocycles. The van der Waals surface area contributed by atoms with Gasteiger partial charge in [0.1, 0.15) is 0 Å². The van der Waals surface area contributed by atoms with Crippen molar-refractivity contribution in [2.24, 2.45) is 5.92 Å². The Morgan fingerprint density at radius 2 is 2.05 bits per heavy atom. The maximum Gasteiger partial charge on any atom is 0.224 e. The monoisotopic (exact) mass is 268 g/mol. The van der Waals surface area contributed by atoms with E-state index in [1.54, 1.807) is 0 Å². The minimum Gasteiger partial charge on any atom is -0.356 e. The summed E-state index contributed by atoms with van der Waals surface area (Å²) in [6, 6.07) is 8.11. The van der Waals surface area contributed by atoms with Crippen molar-refractivity contribution in [3.8, 4) is 0 Å². The molecule has 1 aromatic carbocycles. The highest BCUT2D eigenvalue weighted by molar-refractivity contribution is 5.86. The average molecular weight is 268 g/mol. The highest BCUT2D eigenvalue weighted by atomic mass is 16.1. The van der Waals surface area contributed by atoms with Gasteiger partial charge in [0.25, 0.3) is 0 Å². The second kappa shape index (κ2) is 5.23. The Labute approximate surface area is 119 Å². The molecule has 1 amide bonds. The molecule has 0 unspecified atom stereocenters. The third-order valence-corrected chi connectivity index (χ3v) is 4.11. The van der Waals surface area contributed by atoms with Gasteiger partial charge >= 0.3 is 0 Å². The number of aryl methyl sites for hydroxylation is 2. The summed E-state index contributed by atoms with van der Waals surface area (Å²) in [4.78, 5) is 16.7. The number of fused-ring (bicyclic) bond motifs is 1. The van der Waals surface area contributed by atoms with Crippen LogP contribution in [0.25, 0.3) is 10.9 Å². The van der Waals surface area contributed by atoms with Crippen LogP contribution >= 0.6 is 0 Å². The number of benzene rings is 1. The van der Waals surface area contributed by atoms with Crippen molar-refractivity contribution in [1.82, 2.24) is 10.3 Å². The molecule has 0 aliphatic heterocycles. The van der Waals surface area contributed by atoms with Gasteiger partial charge < -0.3 is 5.32 Å². The SMILES string of the molecule is Cc1nc2ccccc2c(C)c1CC(=O)NCC1CC1. The summed E-state index contributed by atoms with van der Waals surface area (Å²) in [5.74, 6) is 0.830. The van der Waals surface area contributed by atoms with Crippen LogP contribution < -0.4 is 5.32 Å². The van der Waals surface area contributed by atoms with E-state index in [9.17, 15) is 4.79 Å². The molecule has 1 aliphatic rings. The van der Waals surface area contributed by atoms with Gasteiger partial charge in [-0.3, -0.25) is 9.78 Å². The molecule has 3 heteroatoms. The number of amides is 1. The Hall–Kier alpha value is -1.90. The molecular formula is C17H20N2O. The van der Waals surface area contributed by atoms with Gasteiger partial charge in [0.2, 0.25) is 5.91 Å². The van der Waals surface area contributed by atoms with E-state index in [4.69, 9.17) is 0 Å². The van der Waals surface area contributed by atoms with Crippen molar-refractivity contribution in [2.75, 3.05) is 6.54 Å². The topological polar surface area (TPSA) is 42.0 Å². The quantitative estimate of drug-likeness (QED) is 0.926. The minimum atomic E-state index is 0.111. The number of hydrogen-bond acceptors (Lipinski definition) is 2. The Kier molecular flexibility index (Phi) is 3.43. The van der Waals surface area contributed by atoms with Crippen LogP contribution in [0.4, 0.5) is 0 Å². The highest BCUT2D eigenvalue weighted by Gasteiger charge is 2.22. The molecule has 1 N–H and O–H groups in total. The molecule has 20 heavy (non-hydrogen) atoms. The van der Waals surface area contributed by atoms with E-state index in [0.29, 0.717) is 6.42 Å². The summed E-state index contributed by atoms with van der Waals surface area (Å²) < 4.78 is 0. The molecule has 0 saturated heterocycles. The van der Waals surface area contributed by atoms with Gasteiger partial charge in [0.15, 0.2) is 0 Å². The van der Waals surface area contributed by atoms with Gasteiger partial charge in [-0.1, -0.05) is 18.2 Å². The second-order valence-electron chi connectivity index (χ2n) is 5.74. The normalized spacial score (nSPS) is 14.5. The first-order valence-electron chi connectivity index (χ1n) is 7.26. The van der Waals surface area contributed by atoms with E-state index < -0.39 is 0 Å². The molecule has 1 aliphatic carbocycles. The van der Waals surface area contributed by atoms with Crippen LogP contribution in [0.3, 0.4) is 0 Å². The number of aromatic nitrogens is 1. The van der Waals surface area contributed by atoms with Crippen LogP contribution in [0.15, 0.2) is 24.3 Å². The standard InChI is InChI=1S/C17H20N2O/c1-11-14-5-3-4-6-16(14)19-12(2)15(11)9-17(20)18-10-13-7-8-13/h3-6,13H,7-10H2,1-2H3,(H,18,20). The Morgan fingerprint density at radius 1 is 1.30 bits per heavy atom. The lowest BCUT2D eigenvalue weighted by Crippen LogP contribution is -2.27. The number of nitrogens with zero attached hydrogens (tertiary/aromatic N) is 1. The maximum absolute atomic E-state index is 12.0. The van der Waals surface area contributed by atoms with Crippen molar-refractivity contribution >= 4 is 16.8 Å². The van der Waals surface area contributed by atoms with Crippen molar-refractivity contribution in [3.63, 3.8) is 0 Å². The van der Waals surface area contributed by atoms with Gasteiger partial charge in [-0.15, -0.1) is 0 Å². The van der Waals surface area contributed by atoms with Crippen molar-refractivity contribution < 1.29 is 4.79 Å². The summed E-state index contributed by atoms with van der Waals surface area (Å²) in [6.07, 6.45) is 2.95. The fourth-order valence-electron chi connectivity index (χ4n) is 2.63. The van der Waals surface area contributed by atoms with Gasteiger partial charge in [-0.25, -0.2) is 0 Å². The second-order valence-corrected chi connectivity index (χ2v) is 5.74. The molecule has 0 bridgehead atoms. The first-order valence-corrected chi connectivity index (χ1v) is 7.26. The van der Waals surface area contributed by atoms with Crippen LogP contribution in [0, 0.1) is 19.8 Å². The third-order valence-electron chi connectivity index (χ3n) is 4.11. The summed E-state index contributed by atoms with van der Waals surface area (Å²) in [7, 11) is 0. The van der Waals surface area contributed by atoms with Crippen LogP contribution in [-0.2, 0) is 11.2 Å². The molecular weight excluding hydrogens is 248 g/mol. The highest BCUT2D eigenvalue weighted by Crippen LogP contribution is 2.27. The summed E-state index contributed by atoms with van der Waals surface area (Å²) in [6.45, 7) is 4.90. The number of nitrogens with one attached hydrogen (secondary N) is 1. The summed E-state index contributed by atoms with van der Waals surface area (Å²) in [5, 5.41) is 4.17. The molecule has 1 heterocycles. The lowest BCUT2D eigenvalue weighted by Gasteiger charge is -2.12. The predicted octanol–water partition coefficient (Wildman–Crippen LogP) is 2.92. The van der Waals surface area contributed by atoms with Gasteiger partial charge in [-0.2, -0.15) is 0 Å². The van der Waals surface area contributed by atoms with Crippen molar-refractivity contribution in [1.29, 1.82) is 0 Å². The minimum absolute atomic E-state index is 0.111. The lowest BCUT2D eigenvalue weighted by molar-refractivity contribution is -0.120. The maximum atomic E-state index is 12.0. The van der Waals surface area contributed by atoms with Crippen LogP contribution in [0.2, 0.25) is 0 Å². The Morgan fingerprint density at radius 3 is 2.80 bits per heavy atom. The van der Waals surface area contributed by atoms with Crippen molar-refractivity contribution in [2.45, 2.75) is 33.1 Å². The van der Waals surface area contributed by atoms with Crippen LogP contribution in [-0.4, -0.2) is 17.4 Å². The molecule has 0 atom stereocenters. The molecule has 3 nitrogen and oxygen atoms in total. The Balaban J connectivity index is 1.84. The number of pyridine rings is 1. The van der Waals surface area contributed by atoms with E-state index in [1.165, 1.54) is 18.4 Å². The zero-order valence-electron chi connectivity index (χ0n) is 12.1. The van der Waals surface area contributed by atoms with Gasteiger partial charge in [0, 0.05) is 17.6 Å². The smallest absolute Gasteiger partial charge is 0.224 e. The number of hydrogen-bond donors (Lipinski definition) is 1. The first-order chi connectivity index (χ1) is 9.65. The number of rotatable bonds is 4. The molecule has 0 radical (unpaired) electrons. The first kappa shape index (κ1) is 13.1. The molecule has 104 valence electrons. The number of carbonyl (C=O) groups excluding carboxylic acids is 1. The molecule has 2 aromatic rings. The van der Waals surface area contributed by atoms with Gasteiger partial charge in [-0.05, 0) is 49.8 Å². The average Bonchev–Trinajstić information content (AvgIpc) is 3.25. The predicted molar refractivity (Wildman–Crippen MR) is 80.7 cm³/mol. The number of carbonyl (C=O) groups is 1. The van der Waals surface area contributed by atoms with Crippen LogP contribution in [0.1, 0.15) is 29.7 Å². The molecule has 3 rings (SSSR count). The molecule has 1 aromatic heterocycles. The summed E-state index contributed by atoms with van der Waals surface area (Å²) in [5.41, 5.74) is 4.21. The lowest BCUT2D eigenvalue weighted by atomic mass is 9.99. The largest absolute Gasteiger partial charge is 0.356 e. The number of para-hydroxylation sites is 1. The van der Waals surface area contributed by atoms with Crippen LogP contribution in [0.5, 0.6) is 0 Å².